The van der Waals surface area contributed by atoms with E-state index in [4.69, 9.17) is 14.2 Å². The summed E-state index contributed by atoms with van der Waals surface area (Å²) in [6.45, 7) is 6.65. The average Bonchev–Trinajstić information content (AvgIpc) is 3.23. The zero-order valence-corrected chi connectivity index (χ0v) is 40.1. The van der Waals surface area contributed by atoms with Crippen molar-refractivity contribution in [3.63, 3.8) is 0 Å². The summed E-state index contributed by atoms with van der Waals surface area (Å²) in [7, 11) is 0. The van der Waals surface area contributed by atoms with Gasteiger partial charge in [-0.2, -0.15) is 0 Å². The van der Waals surface area contributed by atoms with Gasteiger partial charge in [0.2, 0.25) is 0 Å². The van der Waals surface area contributed by atoms with Crippen molar-refractivity contribution in [2.75, 3.05) is 13.2 Å². The molecule has 0 saturated heterocycles. The largest absolute Gasteiger partial charge is 0.462 e. The van der Waals surface area contributed by atoms with Gasteiger partial charge in [-0.25, -0.2) is 0 Å². The second-order valence-electron chi connectivity index (χ2n) is 18.2. The van der Waals surface area contributed by atoms with Crippen molar-refractivity contribution in [2.45, 2.75) is 309 Å². The lowest BCUT2D eigenvalue weighted by molar-refractivity contribution is -0.167. The van der Waals surface area contributed by atoms with Gasteiger partial charge < -0.3 is 14.2 Å². The molecule has 0 aromatic heterocycles. The molecule has 0 aliphatic rings. The molecular formula is C53H102O6. The van der Waals surface area contributed by atoms with Crippen LogP contribution < -0.4 is 0 Å². The quantitative estimate of drug-likeness (QED) is 0.0345. The molecule has 0 rings (SSSR count). The third-order valence-electron chi connectivity index (χ3n) is 12.1. The molecule has 0 fully saturated rings. The SMILES string of the molecule is CCCCCCCCCCCCCCCCCCCCCCCC(=O)OCC(COC(=O)CCCCCCCCCC)OC(=O)CCCCCCCCCCCCCC. The summed E-state index contributed by atoms with van der Waals surface area (Å²) in [6, 6.07) is 0. The molecule has 0 aliphatic heterocycles. The minimum atomic E-state index is -0.758. The Kier molecular flexibility index (Phi) is 47.7. The van der Waals surface area contributed by atoms with Crippen molar-refractivity contribution >= 4 is 17.9 Å². The van der Waals surface area contributed by atoms with E-state index in [0.717, 1.165) is 57.8 Å². The van der Waals surface area contributed by atoms with Gasteiger partial charge in [0, 0.05) is 19.3 Å². The Balaban J connectivity index is 4.13. The van der Waals surface area contributed by atoms with E-state index >= 15 is 0 Å². The van der Waals surface area contributed by atoms with E-state index in [2.05, 4.69) is 20.8 Å². The van der Waals surface area contributed by atoms with Crippen LogP contribution >= 0.6 is 0 Å². The van der Waals surface area contributed by atoms with Gasteiger partial charge in [0.15, 0.2) is 6.10 Å². The predicted molar refractivity (Wildman–Crippen MR) is 252 cm³/mol. The maximum Gasteiger partial charge on any atom is 0.306 e. The first-order valence-corrected chi connectivity index (χ1v) is 26.5. The Labute approximate surface area is 368 Å². The summed E-state index contributed by atoms with van der Waals surface area (Å²) in [6.07, 6.45) is 52.5. The molecule has 1 unspecified atom stereocenters. The van der Waals surface area contributed by atoms with Gasteiger partial charge in [-0.15, -0.1) is 0 Å². The zero-order chi connectivity index (χ0) is 43.0. The maximum absolute atomic E-state index is 12.7. The molecule has 0 radical (unpaired) electrons. The summed E-state index contributed by atoms with van der Waals surface area (Å²) in [5.41, 5.74) is 0. The van der Waals surface area contributed by atoms with Crippen LogP contribution in [0.2, 0.25) is 0 Å². The number of hydrogen-bond acceptors (Lipinski definition) is 6. The molecule has 0 bridgehead atoms. The van der Waals surface area contributed by atoms with Gasteiger partial charge >= 0.3 is 17.9 Å². The molecule has 6 heteroatoms. The fourth-order valence-electron chi connectivity index (χ4n) is 8.09. The Morgan fingerprint density at radius 1 is 0.271 bits per heavy atom. The molecule has 0 N–H and O–H groups in total. The van der Waals surface area contributed by atoms with Crippen LogP contribution in [0.25, 0.3) is 0 Å². The molecule has 0 aromatic carbocycles. The zero-order valence-electron chi connectivity index (χ0n) is 40.1. The first-order chi connectivity index (χ1) is 29.0. The van der Waals surface area contributed by atoms with Crippen molar-refractivity contribution in [2.24, 2.45) is 0 Å². The van der Waals surface area contributed by atoms with Crippen LogP contribution in [0.15, 0.2) is 0 Å². The molecule has 0 aliphatic carbocycles. The van der Waals surface area contributed by atoms with Crippen LogP contribution in [0.5, 0.6) is 0 Å². The highest BCUT2D eigenvalue weighted by molar-refractivity contribution is 5.71. The molecule has 0 saturated carbocycles. The highest BCUT2D eigenvalue weighted by atomic mass is 16.6. The molecule has 0 spiro atoms. The summed E-state index contributed by atoms with van der Waals surface area (Å²) in [5, 5.41) is 0. The molecular weight excluding hydrogens is 733 g/mol. The smallest absolute Gasteiger partial charge is 0.306 e. The van der Waals surface area contributed by atoms with Gasteiger partial charge in [-0.1, -0.05) is 265 Å². The van der Waals surface area contributed by atoms with E-state index in [1.54, 1.807) is 0 Å². The van der Waals surface area contributed by atoms with Crippen LogP contribution in [0.4, 0.5) is 0 Å². The van der Waals surface area contributed by atoms with E-state index in [1.165, 1.54) is 205 Å². The van der Waals surface area contributed by atoms with E-state index in [-0.39, 0.29) is 31.1 Å². The molecule has 59 heavy (non-hydrogen) atoms. The van der Waals surface area contributed by atoms with E-state index in [0.29, 0.717) is 19.3 Å². The van der Waals surface area contributed by atoms with E-state index < -0.39 is 6.10 Å². The maximum atomic E-state index is 12.7. The minimum absolute atomic E-state index is 0.0622. The van der Waals surface area contributed by atoms with Gasteiger partial charge in [0.25, 0.3) is 0 Å². The third kappa shape index (κ3) is 47.3. The summed E-state index contributed by atoms with van der Waals surface area (Å²) in [5.74, 6) is -0.847. The highest BCUT2D eigenvalue weighted by Gasteiger charge is 2.19. The normalized spacial score (nSPS) is 11.8. The fourth-order valence-corrected chi connectivity index (χ4v) is 8.09. The van der Waals surface area contributed by atoms with Crippen molar-refractivity contribution in [3.8, 4) is 0 Å². The van der Waals surface area contributed by atoms with Crippen LogP contribution in [0.3, 0.4) is 0 Å². The topological polar surface area (TPSA) is 78.9 Å². The van der Waals surface area contributed by atoms with Gasteiger partial charge in [0.1, 0.15) is 13.2 Å². The van der Waals surface area contributed by atoms with Crippen LogP contribution in [0, 0.1) is 0 Å². The first kappa shape index (κ1) is 57.4. The number of carbonyl (C=O) groups excluding carboxylic acids is 3. The standard InChI is InChI=1S/C53H102O6/c1-4-7-10-13-16-19-21-23-24-25-26-27-28-29-30-31-33-34-37-40-43-46-52(55)58-49-50(48-57-51(54)45-42-39-36-18-15-12-9-6-3)59-53(56)47-44-41-38-35-32-22-20-17-14-11-8-5-2/h50H,4-49H2,1-3H3. The molecule has 350 valence electrons. The number of ether oxygens (including phenoxy) is 3. The number of carbonyl (C=O) groups is 3. The van der Waals surface area contributed by atoms with Crippen molar-refractivity contribution in [1.82, 2.24) is 0 Å². The molecule has 1 atom stereocenters. The second kappa shape index (κ2) is 49.1. The lowest BCUT2D eigenvalue weighted by atomic mass is 10.0. The summed E-state index contributed by atoms with van der Waals surface area (Å²) < 4.78 is 16.8. The lowest BCUT2D eigenvalue weighted by Gasteiger charge is -2.18. The minimum Gasteiger partial charge on any atom is -0.462 e. The Morgan fingerprint density at radius 3 is 0.678 bits per heavy atom. The average molecular weight is 835 g/mol. The summed E-state index contributed by atoms with van der Waals surface area (Å²) in [4.78, 5) is 37.8. The highest BCUT2D eigenvalue weighted by Crippen LogP contribution is 2.17. The Hall–Kier alpha value is -1.59. The van der Waals surface area contributed by atoms with Crippen LogP contribution in [-0.4, -0.2) is 37.2 Å². The van der Waals surface area contributed by atoms with Gasteiger partial charge in [0.05, 0.1) is 0 Å². The number of esters is 3. The van der Waals surface area contributed by atoms with E-state index in [9.17, 15) is 14.4 Å². The summed E-state index contributed by atoms with van der Waals surface area (Å²) >= 11 is 0. The molecule has 0 amide bonds. The van der Waals surface area contributed by atoms with Crippen molar-refractivity contribution in [3.05, 3.63) is 0 Å². The van der Waals surface area contributed by atoms with Crippen LogP contribution in [-0.2, 0) is 28.6 Å². The van der Waals surface area contributed by atoms with Crippen molar-refractivity contribution in [1.29, 1.82) is 0 Å². The third-order valence-corrected chi connectivity index (χ3v) is 12.1. The molecule has 6 nitrogen and oxygen atoms in total. The Bertz CT molecular complexity index is 874. The number of unbranched alkanes of at least 4 members (excludes halogenated alkanes) is 38. The van der Waals surface area contributed by atoms with Crippen molar-refractivity contribution < 1.29 is 28.6 Å². The fraction of sp³-hybridized carbons (Fsp3) is 0.943. The number of rotatable bonds is 49. The van der Waals surface area contributed by atoms with Gasteiger partial charge in [-0.3, -0.25) is 14.4 Å². The first-order valence-electron chi connectivity index (χ1n) is 26.5. The van der Waals surface area contributed by atoms with E-state index in [1.807, 2.05) is 0 Å². The Morgan fingerprint density at radius 2 is 0.458 bits per heavy atom. The predicted octanol–water partition coefficient (Wildman–Crippen LogP) is 17.2. The molecule has 0 aromatic rings. The van der Waals surface area contributed by atoms with Crippen LogP contribution in [0.1, 0.15) is 303 Å². The number of hydrogen-bond donors (Lipinski definition) is 0. The molecule has 0 heterocycles. The van der Waals surface area contributed by atoms with Gasteiger partial charge in [-0.05, 0) is 19.3 Å². The lowest BCUT2D eigenvalue weighted by Crippen LogP contribution is -2.30. The second-order valence-corrected chi connectivity index (χ2v) is 18.2. The monoisotopic (exact) mass is 835 g/mol.